The van der Waals surface area contributed by atoms with Gasteiger partial charge in [-0.05, 0) is 36.0 Å². The highest BCUT2D eigenvalue weighted by atomic mass is 16.2. The molecule has 0 aromatic carbocycles. The monoisotopic (exact) mass is 422 g/mol. The second-order valence-corrected chi connectivity index (χ2v) is 10.3. The van der Waals surface area contributed by atoms with E-state index in [4.69, 9.17) is 5.73 Å². The van der Waals surface area contributed by atoms with Crippen LogP contribution >= 0.6 is 0 Å². The van der Waals surface area contributed by atoms with E-state index in [-0.39, 0.29) is 17.7 Å². The zero-order chi connectivity index (χ0) is 22.8. The smallest absolute Gasteiger partial charge is 0.289 e. The standard InChI is InChI=1S/C22H38N4O4/c1-12(2)14-10-16(26(11-14)21(30)18(23)22(3,4)5)19(28)25-15(9-13-7-8-13)17(27)20(29)24-6/h12-16,18H,7-11,23H2,1-6H3,(H,24,29)(H,25,28)/t14-,15?,16+,18-/m1/s1. The van der Waals surface area contributed by atoms with Gasteiger partial charge in [-0.15, -0.1) is 0 Å². The summed E-state index contributed by atoms with van der Waals surface area (Å²) in [7, 11) is 1.40. The topological polar surface area (TPSA) is 122 Å². The van der Waals surface area contributed by atoms with Crippen molar-refractivity contribution in [2.24, 2.45) is 28.9 Å². The molecule has 2 rings (SSSR count). The van der Waals surface area contributed by atoms with E-state index in [2.05, 4.69) is 24.5 Å². The van der Waals surface area contributed by atoms with Crippen LogP contribution in [0.2, 0.25) is 0 Å². The van der Waals surface area contributed by atoms with Crippen molar-refractivity contribution in [3.05, 3.63) is 0 Å². The number of hydrogen-bond acceptors (Lipinski definition) is 5. The summed E-state index contributed by atoms with van der Waals surface area (Å²) in [5.41, 5.74) is 5.78. The van der Waals surface area contributed by atoms with Gasteiger partial charge in [0, 0.05) is 13.6 Å². The van der Waals surface area contributed by atoms with Crippen molar-refractivity contribution in [3.8, 4) is 0 Å². The molecular weight excluding hydrogens is 384 g/mol. The van der Waals surface area contributed by atoms with Crippen LogP contribution in [0.15, 0.2) is 0 Å². The molecule has 0 aromatic heterocycles. The Balaban J connectivity index is 2.20. The molecule has 4 atom stereocenters. The highest BCUT2D eigenvalue weighted by Gasteiger charge is 2.45. The molecule has 4 N–H and O–H groups in total. The summed E-state index contributed by atoms with van der Waals surface area (Å²) in [4.78, 5) is 52.3. The van der Waals surface area contributed by atoms with E-state index in [0.29, 0.717) is 31.2 Å². The predicted molar refractivity (Wildman–Crippen MR) is 114 cm³/mol. The van der Waals surface area contributed by atoms with Gasteiger partial charge in [-0.1, -0.05) is 47.5 Å². The highest BCUT2D eigenvalue weighted by Crippen LogP contribution is 2.34. The fraction of sp³-hybridized carbons (Fsp3) is 0.818. The number of likely N-dealkylation sites (N-methyl/N-ethyl adjacent to an activating group) is 1. The van der Waals surface area contributed by atoms with Gasteiger partial charge in [-0.25, -0.2) is 0 Å². The molecule has 1 unspecified atom stereocenters. The van der Waals surface area contributed by atoms with Crippen LogP contribution < -0.4 is 16.4 Å². The third kappa shape index (κ3) is 5.80. The number of likely N-dealkylation sites (tertiary alicyclic amines) is 1. The van der Waals surface area contributed by atoms with Gasteiger partial charge in [0.1, 0.15) is 6.04 Å². The molecule has 8 heteroatoms. The molecule has 1 saturated carbocycles. The second-order valence-electron chi connectivity index (χ2n) is 10.3. The van der Waals surface area contributed by atoms with Gasteiger partial charge in [0.05, 0.1) is 12.1 Å². The van der Waals surface area contributed by atoms with E-state index < -0.39 is 35.2 Å². The Morgan fingerprint density at radius 2 is 1.73 bits per heavy atom. The maximum atomic E-state index is 13.2. The van der Waals surface area contributed by atoms with E-state index in [1.54, 1.807) is 4.90 Å². The fourth-order valence-electron chi connectivity index (χ4n) is 3.86. The number of nitrogens with one attached hydrogen (secondary N) is 2. The van der Waals surface area contributed by atoms with Crippen LogP contribution in [0.5, 0.6) is 0 Å². The van der Waals surface area contributed by atoms with Crippen LogP contribution in [0.25, 0.3) is 0 Å². The number of carbonyl (C=O) groups excluding carboxylic acids is 4. The molecule has 0 aromatic rings. The minimum atomic E-state index is -0.865. The van der Waals surface area contributed by atoms with Crippen molar-refractivity contribution < 1.29 is 19.2 Å². The van der Waals surface area contributed by atoms with Crippen molar-refractivity contribution in [3.63, 3.8) is 0 Å². The first-order chi connectivity index (χ1) is 13.9. The molecule has 1 heterocycles. The Hall–Kier alpha value is -1.96. The van der Waals surface area contributed by atoms with Crippen LogP contribution in [-0.2, 0) is 19.2 Å². The molecule has 1 aliphatic heterocycles. The molecule has 2 fully saturated rings. The van der Waals surface area contributed by atoms with Gasteiger partial charge < -0.3 is 21.3 Å². The predicted octanol–water partition coefficient (Wildman–Crippen LogP) is 0.833. The number of carbonyl (C=O) groups is 4. The number of Topliss-reactive ketones (excluding diaryl/α,β-unsaturated/α-hetero) is 1. The van der Waals surface area contributed by atoms with E-state index in [1.165, 1.54) is 7.05 Å². The average molecular weight is 423 g/mol. The van der Waals surface area contributed by atoms with E-state index >= 15 is 0 Å². The molecule has 170 valence electrons. The van der Waals surface area contributed by atoms with Gasteiger partial charge in [0.2, 0.25) is 17.6 Å². The summed E-state index contributed by atoms with van der Waals surface area (Å²) in [6.45, 7) is 10.3. The van der Waals surface area contributed by atoms with E-state index in [0.717, 1.165) is 12.8 Å². The normalized spacial score (nSPS) is 23.8. The number of rotatable bonds is 8. The molecule has 0 spiro atoms. The Morgan fingerprint density at radius 3 is 2.20 bits per heavy atom. The third-order valence-electron chi connectivity index (χ3n) is 6.41. The lowest BCUT2D eigenvalue weighted by Gasteiger charge is -2.33. The summed E-state index contributed by atoms with van der Waals surface area (Å²) in [5.74, 6) is -1.15. The maximum absolute atomic E-state index is 13.2. The first kappa shape index (κ1) is 24.3. The Bertz CT molecular complexity index is 681. The molecule has 1 saturated heterocycles. The molecule has 30 heavy (non-hydrogen) atoms. The van der Waals surface area contributed by atoms with Crippen molar-refractivity contribution in [2.45, 2.75) is 78.4 Å². The van der Waals surface area contributed by atoms with E-state index in [1.807, 2.05) is 20.8 Å². The molecule has 0 bridgehead atoms. The molecule has 1 aliphatic carbocycles. The summed E-state index contributed by atoms with van der Waals surface area (Å²) in [5, 5.41) is 5.12. The third-order valence-corrected chi connectivity index (χ3v) is 6.41. The van der Waals surface area contributed by atoms with Crippen molar-refractivity contribution in [2.75, 3.05) is 13.6 Å². The van der Waals surface area contributed by atoms with Crippen LogP contribution in [-0.4, -0.2) is 60.1 Å². The molecule has 8 nitrogen and oxygen atoms in total. The zero-order valence-corrected chi connectivity index (χ0v) is 19.2. The van der Waals surface area contributed by atoms with Gasteiger partial charge in [0.25, 0.3) is 5.91 Å². The average Bonchev–Trinajstić information content (AvgIpc) is 3.37. The highest BCUT2D eigenvalue weighted by molar-refractivity contribution is 6.38. The Kier molecular flexibility index (Phi) is 7.66. The van der Waals surface area contributed by atoms with Crippen LogP contribution in [0.4, 0.5) is 0 Å². The molecular formula is C22H38N4O4. The van der Waals surface area contributed by atoms with Crippen molar-refractivity contribution >= 4 is 23.5 Å². The van der Waals surface area contributed by atoms with Crippen LogP contribution in [0, 0.1) is 23.2 Å². The number of nitrogens with zero attached hydrogens (tertiary/aromatic N) is 1. The lowest BCUT2D eigenvalue weighted by Crippen LogP contribution is -2.57. The maximum Gasteiger partial charge on any atom is 0.289 e. The fourth-order valence-corrected chi connectivity index (χ4v) is 3.86. The molecule has 3 amide bonds. The summed E-state index contributed by atoms with van der Waals surface area (Å²) >= 11 is 0. The summed E-state index contributed by atoms with van der Waals surface area (Å²) in [6.07, 6.45) is 2.97. The lowest BCUT2D eigenvalue weighted by molar-refractivity contribution is -0.143. The van der Waals surface area contributed by atoms with Crippen LogP contribution in [0.1, 0.15) is 60.3 Å². The zero-order valence-electron chi connectivity index (χ0n) is 19.2. The first-order valence-corrected chi connectivity index (χ1v) is 11.0. The van der Waals surface area contributed by atoms with Crippen molar-refractivity contribution in [1.82, 2.24) is 15.5 Å². The lowest BCUT2D eigenvalue weighted by atomic mass is 9.86. The summed E-state index contributed by atoms with van der Waals surface area (Å²) < 4.78 is 0. The Morgan fingerprint density at radius 1 is 1.13 bits per heavy atom. The van der Waals surface area contributed by atoms with Crippen LogP contribution in [0.3, 0.4) is 0 Å². The second kappa shape index (κ2) is 9.45. The van der Waals surface area contributed by atoms with Gasteiger partial charge >= 0.3 is 0 Å². The SMILES string of the molecule is CNC(=O)C(=O)C(CC1CC1)NC(=O)[C@@H]1C[C@@H](C(C)C)CN1C(=O)[C@@H](N)C(C)(C)C. The minimum Gasteiger partial charge on any atom is -0.353 e. The first-order valence-electron chi connectivity index (χ1n) is 11.0. The minimum absolute atomic E-state index is 0.174. The molecule has 2 aliphatic rings. The number of ketones is 1. The largest absolute Gasteiger partial charge is 0.353 e. The van der Waals surface area contributed by atoms with Gasteiger partial charge in [-0.3, -0.25) is 19.2 Å². The van der Waals surface area contributed by atoms with E-state index in [9.17, 15) is 19.2 Å². The quantitative estimate of drug-likeness (QED) is 0.500. The number of amides is 3. The Labute approximate surface area is 179 Å². The van der Waals surface area contributed by atoms with Gasteiger partial charge in [0.15, 0.2) is 0 Å². The van der Waals surface area contributed by atoms with Gasteiger partial charge in [-0.2, -0.15) is 0 Å². The number of nitrogens with two attached hydrogens (primary N) is 1. The summed E-state index contributed by atoms with van der Waals surface area (Å²) in [6, 6.07) is -2.28. The number of hydrogen-bond donors (Lipinski definition) is 3. The van der Waals surface area contributed by atoms with Crippen molar-refractivity contribution in [1.29, 1.82) is 0 Å². The molecule has 0 radical (unpaired) electrons.